The summed E-state index contributed by atoms with van der Waals surface area (Å²) in [6, 6.07) is 5.04. The molecule has 3 atom stereocenters. The fourth-order valence-electron chi connectivity index (χ4n) is 5.94. The first-order valence-corrected chi connectivity index (χ1v) is 10.5. The predicted molar refractivity (Wildman–Crippen MR) is 102 cm³/mol. The van der Waals surface area contributed by atoms with E-state index < -0.39 is 0 Å². The third-order valence-corrected chi connectivity index (χ3v) is 7.48. The van der Waals surface area contributed by atoms with E-state index in [2.05, 4.69) is 17.1 Å². The largest absolute Gasteiger partial charge is 0.492 e. The van der Waals surface area contributed by atoms with Gasteiger partial charge in [-0.2, -0.15) is 0 Å². The Morgan fingerprint density at radius 1 is 1.15 bits per heavy atom. The van der Waals surface area contributed by atoms with Gasteiger partial charge in [0.15, 0.2) is 0 Å². The zero-order valence-corrected chi connectivity index (χ0v) is 15.6. The molecule has 0 aromatic heterocycles. The molecule has 2 heterocycles. The molecule has 2 aliphatic carbocycles. The molecule has 0 amide bonds. The van der Waals surface area contributed by atoms with Crippen LogP contribution in [-0.4, -0.2) is 31.1 Å². The van der Waals surface area contributed by atoms with Crippen LogP contribution < -0.4 is 4.74 Å². The molecule has 2 fully saturated rings. The van der Waals surface area contributed by atoms with Crippen LogP contribution in [0.2, 0.25) is 0 Å². The number of likely N-dealkylation sites (tertiary alicyclic amines) is 1. The van der Waals surface area contributed by atoms with Gasteiger partial charge in [0.25, 0.3) is 0 Å². The molecular formula is C23H30FNO. The second-order valence-electron chi connectivity index (χ2n) is 9.21. The van der Waals surface area contributed by atoms with Crippen molar-refractivity contribution in [3.8, 4) is 5.75 Å². The number of hydrogen-bond acceptors (Lipinski definition) is 2. The predicted octanol–water partition coefficient (Wildman–Crippen LogP) is 4.93. The summed E-state index contributed by atoms with van der Waals surface area (Å²) in [5, 5.41) is 0. The van der Waals surface area contributed by atoms with Crippen molar-refractivity contribution >= 4 is 0 Å². The summed E-state index contributed by atoms with van der Waals surface area (Å²) >= 11 is 0. The maximum atomic E-state index is 13.8. The molecule has 1 saturated carbocycles. The van der Waals surface area contributed by atoms with E-state index in [9.17, 15) is 4.39 Å². The summed E-state index contributed by atoms with van der Waals surface area (Å²) in [6.45, 7) is 4.24. The van der Waals surface area contributed by atoms with E-state index in [0.717, 1.165) is 61.6 Å². The Morgan fingerprint density at radius 2 is 2.04 bits per heavy atom. The Morgan fingerprint density at radius 3 is 2.92 bits per heavy atom. The Kier molecular flexibility index (Phi) is 4.31. The number of hydrogen-bond donors (Lipinski definition) is 0. The number of rotatable bonds is 2. The monoisotopic (exact) mass is 355 g/mol. The fourth-order valence-corrected chi connectivity index (χ4v) is 5.94. The smallest absolute Gasteiger partial charge is 0.123 e. The molecule has 3 heteroatoms. The van der Waals surface area contributed by atoms with Crippen LogP contribution in [0.5, 0.6) is 5.75 Å². The molecule has 1 aromatic rings. The second kappa shape index (κ2) is 6.67. The van der Waals surface area contributed by atoms with E-state index in [-0.39, 0.29) is 11.2 Å². The Bertz CT molecular complexity index is 691. The van der Waals surface area contributed by atoms with Crippen LogP contribution in [0.15, 0.2) is 30.4 Å². The van der Waals surface area contributed by atoms with Gasteiger partial charge in [-0.05, 0) is 94.0 Å². The summed E-state index contributed by atoms with van der Waals surface area (Å²) in [5.41, 5.74) is 1.17. The van der Waals surface area contributed by atoms with Crippen molar-refractivity contribution in [3.63, 3.8) is 0 Å². The summed E-state index contributed by atoms with van der Waals surface area (Å²) in [7, 11) is 0. The zero-order chi connectivity index (χ0) is 17.6. The Hall–Kier alpha value is -1.35. The van der Waals surface area contributed by atoms with E-state index in [1.165, 1.54) is 44.7 Å². The summed E-state index contributed by atoms with van der Waals surface area (Å²) in [4.78, 5) is 2.67. The van der Waals surface area contributed by atoms with Crippen LogP contribution in [0.25, 0.3) is 0 Å². The van der Waals surface area contributed by atoms with Crippen LogP contribution in [0.1, 0.15) is 50.5 Å². The summed E-state index contributed by atoms with van der Waals surface area (Å²) < 4.78 is 19.7. The van der Waals surface area contributed by atoms with Crippen molar-refractivity contribution in [2.24, 2.45) is 17.8 Å². The van der Waals surface area contributed by atoms with Gasteiger partial charge in [-0.25, -0.2) is 4.39 Å². The standard InChI is InChI=1S/C23H30FNO/c24-20-6-7-22-21(14-20)23(16-26-22)8-10-25(11-9-23)15-19-5-4-17-2-1-3-18(12-17)13-19/h1,3,6-7,14,17-19H,2,4-5,8-13,15-16H2/t17-,18+,19+/m1/s1. The maximum Gasteiger partial charge on any atom is 0.123 e. The summed E-state index contributed by atoms with van der Waals surface area (Å²) in [6.07, 6.45) is 14.1. The zero-order valence-electron chi connectivity index (χ0n) is 15.6. The number of nitrogens with zero attached hydrogens (tertiary/aromatic N) is 1. The van der Waals surface area contributed by atoms with Crippen molar-refractivity contribution in [2.75, 3.05) is 26.2 Å². The molecule has 2 nitrogen and oxygen atoms in total. The Balaban J connectivity index is 1.22. The van der Waals surface area contributed by atoms with Crippen molar-refractivity contribution in [1.29, 1.82) is 0 Å². The summed E-state index contributed by atoms with van der Waals surface area (Å²) in [5.74, 6) is 3.40. The molecule has 4 aliphatic rings. The van der Waals surface area contributed by atoms with E-state index in [1.807, 2.05) is 6.07 Å². The van der Waals surface area contributed by atoms with Crippen LogP contribution >= 0.6 is 0 Å². The number of piperidine rings is 1. The highest BCUT2D eigenvalue weighted by molar-refractivity contribution is 5.44. The minimum absolute atomic E-state index is 0.0523. The topological polar surface area (TPSA) is 12.5 Å². The molecule has 5 rings (SSSR count). The van der Waals surface area contributed by atoms with Gasteiger partial charge in [-0.15, -0.1) is 0 Å². The average Bonchev–Trinajstić information content (AvgIpc) is 2.92. The normalized spacial score (nSPS) is 32.9. The first-order valence-electron chi connectivity index (χ1n) is 10.5. The minimum Gasteiger partial charge on any atom is -0.492 e. The highest BCUT2D eigenvalue weighted by atomic mass is 19.1. The van der Waals surface area contributed by atoms with E-state index in [0.29, 0.717) is 0 Å². The molecule has 1 saturated heterocycles. The highest BCUT2D eigenvalue weighted by Crippen LogP contribution is 2.46. The fraction of sp³-hybridized carbons (Fsp3) is 0.652. The molecular weight excluding hydrogens is 325 g/mol. The third kappa shape index (κ3) is 3.09. The van der Waals surface area contributed by atoms with E-state index >= 15 is 0 Å². The van der Waals surface area contributed by atoms with E-state index in [4.69, 9.17) is 4.74 Å². The van der Waals surface area contributed by atoms with Gasteiger partial charge in [0, 0.05) is 17.5 Å². The van der Waals surface area contributed by atoms with Crippen LogP contribution in [-0.2, 0) is 5.41 Å². The average molecular weight is 355 g/mol. The molecule has 1 aromatic carbocycles. The number of fused-ring (bicyclic) bond motifs is 4. The first kappa shape index (κ1) is 16.8. The molecule has 0 radical (unpaired) electrons. The molecule has 2 bridgehead atoms. The highest BCUT2D eigenvalue weighted by Gasteiger charge is 2.43. The molecule has 26 heavy (non-hydrogen) atoms. The van der Waals surface area contributed by atoms with Crippen molar-refractivity contribution in [3.05, 3.63) is 41.7 Å². The first-order chi connectivity index (χ1) is 12.7. The van der Waals surface area contributed by atoms with Crippen LogP contribution in [0.4, 0.5) is 4.39 Å². The molecule has 1 spiro atoms. The number of benzene rings is 1. The molecule has 0 unspecified atom stereocenters. The van der Waals surface area contributed by atoms with Gasteiger partial charge >= 0.3 is 0 Å². The second-order valence-corrected chi connectivity index (χ2v) is 9.21. The third-order valence-electron chi connectivity index (χ3n) is 7.48. The van der Waals surface area contributed by atoms with Crippen LogP contribution in [0, 0.1) is 23.6 Å². The van der Waals surface area contributed by atoms with Gasteiger partial charge < -0.3 is 9.64 Å². The minimum atomic E-state index is -0.131. The Labute approximate surface area is 156 Å². The molecule has 0 N–H and O–H groups in total. The number of halogens is 1. The number of allylic oxidation sites excluding steroid dienone is 2. The lowest BCUT2D eigenvalue weighted by molar-refractivity contribution is 0.116. The van der Waals surface area contributed by atoms with Gasteiger partial charge in [0.2, 0.25) is 0 Å². The van der Waals surface area contributed by atoms with Gasteiger partial charge in [0.05, 0.1) is 6.61 Å². The lowest BCUT2D eigenvalue weighted by atomic mass is 9.74. The maximum absolute atomic E-state index is 13.8. The lowest BCUT2D eigenvalue weighted by Crippen LogP contribution is -2.45. The van der Waals surface area contributed by atoms with Crippen molar-refractivity contribution < 1.29 is 9.13 Å². The molecule has 140 valence electrons. The number of ether oxygens (including phenoxy) is 1. The quantitative estimate of drug-likeness (QED) is 0.697. The SMILES string of the molecule is Fc1ccc2c(c1)C1(CCN(C[C@H]3CC[C@H]4CC=C[C@@H](C4)C3)CC1)CO2. The van der Waals surface area contributed by atoms with Gasteiger partial charge in [-0.1, -0.05) is 12.2 Å². The van der Waals surface area contributed by atoms with Gasteiger partial charge in [0.1, 0.15) is 11.6 Å². The van der Waals surface area contributed by atoms with E-state index in [1.54, 1.807) is 6.07 Å². The van der Waals surface area contributed by atoms with Crippen LogP contribution in [0.3, 0.4) is 0 Å². The van der Waals surface area contributed by atoms with Gasteiger partial charge in [-0.3, -0.25) is 0 Å². The van der Waals surface area contributed by atoms with Crippen molar-refractivity contribution in [2.45, 2.75) is 50.4 Å². The molecule has 2 aliphatic heterocycles. The van der Waals surface area contributed by atoms with Crippen molar-refractivity contribution in [1.82, 2.24) is 4.90 Å². The lowest BCUT2D eigenvalue weighted by Gasteiger charge is -2.40.